The fourth-order valence-electron chi connectivity index (χ4n) is 5.35. The van der Waals surface area contributed by atoms with E-state index in [9.17, 15) is 0 Å². The van der Waals surface area contributed by atoms with E-state index >= 15 is 0 Å². The Morgan fingerprint density at radius 2 is 0.576 bits per heavy atom. The van der Waals surface area contributed by atoms with Crippen LogP contribution in [0.1, 0.15) is 195 Å². The molecule has 0 radical (unpaired) electrons. The fraction of sp³-hybridized carbons (Fsp3) is 1.00. The molecule has 0 N–H and O–H groups in total. The average molecular weight is 465 g/mol. The second-order valence-electron chi connectivity index (χ2n) is 12.0. The smallest absolute Gasteiger partial charge is 0.0394 e. The summed E-state index contributed by atoms with van der Waals surface area (Å²) in [7, 11) is 0. The van der Waals surface area contributed by atoms with Crippen molar-refractivity contribution < 1.29 is 0 Å². The van der Waals surface area contributed by atoms with Crippen LogP contribution >= 0.6 is 0 Å². The molecule has 2 atom stereocenters. The highest BCUT2D eigenvalue weighted by Crippen LogP contribution is 2.25. The lowest BCUT2D eigenvalue weighted by Gasteiger charge is -2.23. The molecule has 0 spiro atoms. The fourth-order valence-corrected chi connectivity index (χ4v) is 5.35. The Balaban J connectivity index is 3.10. The highest BCUT2D eigenvalue weighted by molar-refractivity contribution is 4.65. The summed E-state index contributed by atoms with van der Waals surface area (Å²) in [6, 6.07) is 0. The van der Waals surface area contributed by atoms with E-state index in [1.54, 1.807) is 0 Å². The van der Waals surface area contributed by atoms with Gasteiger partial charge in [-0.2, -0.15) is 0 Å². The summed E-state index contributed by atoms with van der Waals surface area (Å²) in [6.07, 6.45) is 36.9. The summed E-state index contributed by atoms with van der Waals surface area (Å²) < 4.78 is 0. The normalized spacial score (nSPS) is 13.6. The molecule has 0 aromatic carbocycles. The first kappa shape index (κ1) is 33.0. The van der Waals surface area contributed by atoms with Gasteiger partial charge in [0.05, 0.1) is 0 Å². The summed E-state index contributed by atoms with van der Waals surface area (Å²) in [4.78, 5) is 0. The van der Waals surface area contributed by atoms with Crippen LogP contribution in [0, 0.1) is 17.8 Å². The zero-order chi connectivity index (χ0) is 24.4. The summed E-state index contributed by atoms with van der Waals surface area (Å²) in [5.74, 6) is 2.63. The molecule has 0 aromatic heterocycles. The van der Waals surface area contributed by atoms with Gasteiger partial charge in [-0.3, -0.25) is 0 Å². The average Bonchev–Trinajstić information content (AvgIpc) is 2.81. The molecule has 2 unspecified atom stereocenters. The number of hydrogen-bond acceptors (Lipinski definition) is 0. The van der Waals surface area contributed by atoms with Crippen LogP contribution in [-0.4, -0.2) is 0 Å². The van der Waals surface area contributed by atoms with Crippen molar-refractivity contribution in [2.24, 2.45) is 17.8 Å². The van der Waals surface area contributed by atoms with Gasteiger partial charge in [-0.1, -0.05) is 195 Å². The molecule has 0 bridgehead atoms. The third-order valence-electron chi connectivity index (χ3n) is 8.46. The molecule has 0 aliphatic carbocycles. The predicted octanol–water partition coefficient (Wildman–Crippen LogP) is 12.7. The molecule has 33 heavy (non-hydrogen) atoms. The van der Waals surface area contributed by atoms with Crippen molar-refractivity contribution in [3.8, 4) is 0 Å². The van der Waals surface area contributed by atoms with Crippen LogP contribution in [0.25, 0.3) is 0 Å². The van der Waals surface area contributed by atoms with Crippen LogP contribution in [0.3, 0.4) is 0 Å². The second kappa shape index (κ2) is 26.6. The lowest BCUT2D eigenvalue weighted by atomic mass is 9.83. The van der Waals surface area contributed by atoms with Crippen molar-refractivity contribution in [2.75, 3.05) is 0 Å². The standard InChI is InChI=1S/C33H68/c1-6-7-8-9-10-11-12-13-14-15-16-17-18-19-20-21-22-23-24-25-26-27-28-29-30-32(4)33(5)31(2)3/h31-33H,6-30H2,1-5H3. The largest absolute Gasteiger partial charge is 0.0654 e. The quantitative estimate of drug-likeness (QED) is 0.106. The third-order valence-corrected chi connectivity index (χ3v) is 8.46. The summed E-state index contributed by atoms with van der Waals surface area (Å²) in [6.45, 7) is 12.0. The number of unbranched alkanes of at least 4 members (excludes halogenated alkanes) is 23. The molecule has 0 aromatic rings. The van der Waals surface area contributed by atoms with Gasteiger partial charge in [0.2, 0.25) is 0 Å². The lowest BCUT2D eigenvalue weighted by molar-refractivity contribution is 0.275. The van der Waals surface area contributed by atoms with Gasteiger partial charge in [0, 0.05) is 0 Å². The highest BCUT2D eigenvalue weighted by Gasteiger charge is 2.14. The maximum atomic E-state index is 2.46. The first-order valence-corrected chi connectivity index (χ1v) is 16.1. The molecule has 0 saturated heterocycles. The molecule has 0 aliphatic heterocycles. The molecular formula is C33H68. The Morgan fingerprint density at radius 1 is 0.333 bits per heavy atom. The van der Waals surface area contributed by atoms with E-state index in [1.165, 1.54) is 161 Å². The Labute approximate surface area is 212 Å². The molecule has 0 fully saturated rings. The number of rotatable bonds is 27. The Hall–Kier alpha value is 0. The Morgan fingerprint density at radius 3 is 0.818 bits per heavy atom. The molecule has 0 nitrogen and oxygen atoms in total. The van der Waals surface area contributed by atoms with Gasteiger partial charge in [0.1, 0.15) is 0 Å². The van der Waals surface area contributed by atoms with E-state index < -0.39 is 0 Å². The maximum Gasteiger partial charge on any atom is -0.0394 e. The van der Waals surface area contributed by atoms with Crippen molar-refractivity contribution in [3.05, 3.63) is 0 Å². The van der Waals surface area contributed by atoms with Gasteiger partial charge in [0.15, 0.2) is 0 Å². The van der Waals surface area contributed by atoms with Crippen LogP contribution in [-0.2, 0) is 0 Å². The summed E-state index contributed by atoms with van der Waals surface area (Å²) in [5, 5.41) is 0. The minimum Gasteiger partial charge on any atom is -0.0654 e. The van der Waals surface area contributed by atoms with E-state index in [1.807, 2.05) is 0 Å². The van der Waals surface area contributed by atoms with Gasteiger partial charge >= 0.3 is 0 Å². The van der Waals surface area contributed by atoms with E-state index in [-0.39, 0.29) is 0 Å². The molecule has 0 aliphatic rings. The van der Waals surface area contributed by atoms with Crippen molar-refractivity contribution in [1.29, 1.82) is 0 Å². The molecule has 200 valence electrons. The minimum absolute atomic E-state index is 0.842. The van der Waals surface area contributed by atoms with E-state index in [0.717, 1.165) is 17.8 Å². The summed E-state index contributed by atoms with van der Waals surface area (Å²) in [5.41, 5.74) is 0. The molecular weight excluding hydrogens is 396 g/mol. The number of hydrogen-bond donors (Lipinski definition) is 0. The zero-order valence-corrected chi connectivity index (χ0v) is 24.4. The van der Waals surface area contributed by atoms with Crippen LogP contribution in [0.2, 0.25) is 0 Å². The molecule has 0 saturated carbocycles. The summed E-state index contributed by atoms with van der Waals surface area (Å²) >= 11 is 0. The van der Waals surface area contributed by atoms with Crippen molar-refractivity contribution in [1.82, 2.24) is 0 Å². The van der Waals surface area contributed by atoms with Gasteiger partial charge in [-0.05, 0) is 17.8 Å². The first-order chi connectivity index (χ1) is 16.1. The van der Waals surface area contributed by atoms with E-state index in [2.05, 4.69) is 34.6 Å². The SMILES string of the molecule is CCCCCCCCCCCCCCCCCCCCCCCCCCC(C)C(C)C(C)C. The van der Waals surface area contributed by atoms with E-state index in [4.69, 9.17) is 0 Å². The van der Waals surface area contributed by atoms with Crippen molar-refractivity contribution in [2.45, 2.75) is 195 Å². The predicted molar refractivity (Wildman–Crippen MR) is 154 cm³/mol. The Kier molecular flexibility index (Phi) is 26.6. The van der Waals surface area contributed by atoms with Gasteiger partial charge in [-0.15, -0.1) is 0 Å². The van der Waals surface area contributed by atoms with Crippen LogP contribution < -0.4 is 0 Å². The third kappa shape index (κ3) is 24.9. The first-order valence-electron chi connectivity index (χ1n) is 16.1. The molecule has 0 heteroatoms. The molecule has 0 rings (SSSR count). The maximum absolute atomic E-state index is 2.46. The Bertz CT molecular complexity index is 344. The van der Waals surface area contributed by atoms with Gasteiger partial charge in [0.25, 0.3) is 0 Å². The van der Waals surface area contributed by atoms with Crippen LogP contribution in [0.15, 0.2) is 0 Å². The van der Waals surface area contributed by atoms with Crippen molar-refractivity contribution >= 4 is 0 Å². The molecule has 0 amide bonds. The lowest BCUT2D eigenvalue weighted by Crippen LogP contribution is -2.14. The monoisotopic (exact) mass is 465 g/mol. The van der Waals surface area contributed by atoms with Gasteiger partial charge in [-0.25, -0.2) is 0 Å². The highest BCUT2D eigenvalue weighted by atomic mass is 14.2. The van der Waals surface area contributed by atoms with E-state index in [0.29, 0.717) is 0 Å². The topological polar surface area (TPSA) is 0 Å². The zero-order valence-electron chi connectivity index (χ0n) is 24.4. The van der Waals surface area contributed by atoms with Crippen molar-refractivity contribution in [3.63, 3.8) is 0 Å². The minimum atomic E-state index is 0.842. The van der Waals surface area contributed by atoms with Crippen LogP contribution in [0.4, 0.5) is 0 Å². The van der Waals surface area contributed by atoms with Crippen LogP contribution in [0.5, 0.6) is 0 Å². The van der Waals surface area contributed by atoms with Gasteiger partial charge < -0.3 is 0 Å². The molecule has 0 heterocycles. The second-order valence-corrected chi connectivity index (χ2v) is 12.0.